The summed E-state index contributed by atoms with van der Waals surface area (Å²) in [6.45, 7) is 7.70. The Morgan fingerprint density at radius 2 is 1.85 bits per heavy atom. The van der Waals surface area contributed by atoms with Crippen molar-refractivity contribution in [3.05, 3.63) is 41.1 Å². The smallest absolute Gasteiger partial charge is 0.265 e. The molecule has 2 aliphatic rings. The number of rotatable bonds is 7. The summed E-state index contributed by atoms with van der Waals surface area (Å²) in [5.74, 6) is -0.900. The number of aromatic nitrogens is 1. The van der Waals surface area contributed by atoms with Gasteiger partial charge in [-0.25, -0.2) is 0 Å². The van der Waals surface area contributed by atoms with Crippen molar-refractivity contribution in [2.45, 2.75) is 46.3 Å². The van der Waals surface area contributed by atoms with Crippen LogP contribution in [0.25, 0.3) is 17.0 Å². The molecule has 0 spiro atoms. The Hall–Kier alpha value is -3.04. The van der Waals surface area contributed by atoms with Gasteiger partial charge in [-0.2, -0.15) is 0 Å². The molecule has 0 bridgehead atoms. The minimum atomic E-state index is -0.396. The molecular formula is C25H30N4O4S. The fraction of sp³-hybridized carbons (Fsp3) is 0.440. The van der Waals surface area contributed by atoms with Gasteiger partial charge in [0, 0.05) is 48.4 Å². The molecule has 4 rings (SSSR count). The van der Waals surface area contributed by atoms with Crippen LogP contribution in [0.5, 0.6) is 0 Å². The van der Waals surface area contributed by atoms with Crippen LogP contribution in [-0.2, 0) is 25.7 Å². The molecule has 0 radical (unpaired) electrons. The zero-order chi connectivity index (χ0) is 24.4. The van der Waals surface area contributed by atoms with Crippen LogP contribution in [0.15, 0.2) is 29.8 Å². The highest BCUT2D eigenvalue weighted by molar-refractivity contribution is 7.80. The van der Waals surface area contributed by atoms with E-state index in [9.17, 15) is 14.4 Å². The number of nitrogens with zero attached hydrogens (tertiary/aromatic N) is 3. The summed E-state index contributed by atoms with van der Waals surface area (Å²) in [5, 5.41) is 4.08. The fourth-order valence-electron chi connectivity index (χ4n) is 4.60. The lowest BCUT2D eigenvalue weighted by atomic mass is 10.0. The first-order chi connectivity index (χ1) is 16.4. The lowest BCUT2D eigenvalue weighted by Crippen LogP contribution is -2.55. The maximum atomic E-state index is 13.1. The van der Waals surface area contributed by atoms with E-state index in [0.29, 0.717) is 19.6 Å². The van der Waals surface area contributed by atoms with Gasteiger partial charge in [-0.3, -0.25) is 24.2 Å². The topological polar surface area (TPSA) is 83.9 Å². The van der Waals surface area contributed by atoms with Crippen molar-refractivity contribution in [2.24, 2.45) is 0 Å². The zero-order valence-corrected chi connectivity index (χ0v) is 20.6. The van der Waals surface area contributed by atoms with Crippen LogP contribution in [0.2, 0.25) is 0 Å². The van der Waals surface area contributed by atoms with Crippen molar-refractivity contribution in [2.75, 3.05) is 26.2 Å². The van der Waals surface area contributed by atoms with Crippen LogP contribution in [0, 0.1) is 6.92 Å². The normalized spacial score (nSPS) is 18.9. The van der Waals surface area contributed by atoms with E-state index in [-0.39, 0.29) is 29.2 Å². The number of fused-ring (bicyclic) bond motifs is 1. The summed E-state index contributed by atoms with van der Waals surface area (Å²) in [4.78, 5) is 41.9. The maximum Gasteiger partial charge on any atom is 0.265 e. The number of amides is 3. The van der Waals surface area contributed by atoms with Crippen molar-refractivity contribution >= 4 is 52.0 Å². The quantitative estimate of drug-likeness (QED) is 0.373. The molecule has 0 unspecified atom stereocenters. The molecule has 9 heteroatoms. The summed E-state index contributed by atoms with van der Waals surface area (Å²) < 4.78 is 7.51. The molecule has 1 aromatic heterocycles. The molecule has 2 aromatic rings. The van der Waals surface area contributed by atoms with Crippen LogP contribution in [0.3, 0.4) is 0 Å². The van der Waals surface area contributed by atoms with E-state index in [0.717, 1.165) is 41.6 Å². The van der Waals surface area contributed by atoms with Gasteiger partial charge in [-0.05, 0) is 58.0 Å². The summed E-state index contributed by atoms with van der Waals surface area (Å²) in [6.07, 6.45) is 3.70. The summed E-state index contributed by atoms with van der Waals surface area (Å²) in [7, 11) is 0. The molecule has 3 amide bonds. The van der Waals surface area contributed by atoms with Gasteiger partial charge in [0.1, 0.15) is 12.1 Å². The van der Waals surface area contributed by atoms with Gasteiger partial charge in [0.25, 0.3) is 11.8 Å². The van der Waals surface area contributed by atoms with Gasteiger partial charge in [0.15, 0.2) is 5.11 Å². The minimum absolute atomic E-state index is 0.0733. The van der Waals surface area contributed by atoms with E-state index in [1.54, 1.807) is 6.08 Å². The lowest BCUT2D eigenvalue weighted by Gasteiger charge is -2.35. The predicted octanol–water partition coefficient (Wildman–Crippen LogP) is 2.62. The second-order valence-electron chi connectivity index (χ2n) is 8.48. The number of hydrogen-bond donors (Lipinski definition) is 1. The summed E-state index contributed by atoms with van der Waals surface area (Å²) >= 11 is 5.36. The van der Waals surface area contributed by atoms with Crippen LogP contribution in [0.4, 0.5) is 0 Å². The van der Waals surface area contributed by atoms with Crippen molar-refractivity contribution in [3.63, 3.8) is 0 Å². The number of para-hydroxylation sites is 1. The molecule has 1 N–H and O–H groups in total. The van der Waals surface area contributed by atoms with Gasteiger partial charge < -0.3 is 14.6 Å². The second-order valence-corrected chi connectivity index (χ2v) is 8.85. The van der Waals surface area contributed by atoms with Gasteiger partial charge in [0.05, 0.1) is 6.10 Å². The van der Waals surface area contributed by atoms with E-state index < -0.39 is 11.8 Å². The zero-order valence-electron chi connectivity index (χ0n) is 19.8. The highest BCUT2D eigenvalue weighted by Gasteiger charge is 2.38. The van der Waals surface area contributed by atoms with E-state index in [1.165, 1.54) is 9.80 Å². The number of carbonyl (C=O) groups excluding carboxylic acids is 3. The first-order valence-corrected chi connectivity index (χ1v) is 12.1. The monoisotopic (exact) mass is 482 g/mol. The summed E-state index contributed by atoms with van der Waals surface area (Å²) in [6, 6.07) is 7.69. The molecule has 2 saturated heterocycles. The number of likely N-dealkylation sites (N-methyl/N-ethyl adjacent to an activating group) is 2. The largest absolute Gasteiger partial charge is 0.376 e. The summed E-state index contributed by atoms with van der Waals surface area (Å²) in [5.41, 5.74) is 2.50. The third-order valence-corrected chi connectivity index (χ3v) is 6.91. The predicted molar refractivity (Wildman–Crippen MR) is 134 cm³/mol. The molecule has 2 fully saturated rings. The molecule has 1 atom stereocenters. The average Bonchev–Trinajstić information content (AvgIpc) is 3.43. The first-order valence-electron chi connectivity index (χ1n) is 11.7. The standard InChI is InChI=1S/C25H30N4O4S/c1-4-27-23(31)20(24(32)28(5-2)25(27)34)13-19-16(3)29(21-11-7-6-10-18(19)21)15-22(30)26-14-17-9-8-12-33-17/h6-7,10-11,13,17H,4-5,8-9,12,14-15H2,1-3H3,(H,26,30)/t17-/m0/s1. The van der Waals surface area contributed by atoms with Crippen molar-refractivity contribution in [1.29, 1.82) is 0 Å². The van der Waals surface area contributed by atoms with E-state index in [4.69, 9.17) is 17.0 Å². The maximum absolute atomic E-state index is 13.1. The van der Waals surface area contributed by atoms with Gasteiger partial charge in [-0.1, -0.05) is 18.2 Å². The molecule has 3 heterocycles. The number of carbonyl (C=O) groups is 3. The Labute approximate surface area is 204 Å². The van der Waals surface area contributed by atoms with E-state index in [1.807, 2.05) is 49.6 Å². The number of ether oxygens (including phenoxy) is 1. The first kappa shape index (κ1) is 24.1. The van der Waals surface area contributed by atoms with Crippen LogP contribution < -0.4 is 5.32 Å². The van der Waals surface area contributed by atoms with Gasteiger partial charge in [0.2, 0.25) is 5.91 Å². The average molecular weight is 483 g/mol. The molecule has 180 valence electrons. The van der Waals surface area contributed by atoms with Gasteiger partial charge >= 0.3 is 0 Å². The number of benzene rings is 1. The van der Waals surface area contributed by atoms with Gasteiger partial charge in [-0.15, -0.1) is 0 Å². The fourth-order valence-corrected chi connectivity index (χ4v) is 5.03. The van der Waals surface area contributed by atoms with Crippen LogP contribution in [-0.4, -0.2) is 69.5 Å². The minimum Gasteiger partial charge on any atom is -0.376 e. The van der Waals surface area contributed by atoms with E-state index in [2.05, 4.69) is 5.32 Å². The number of nitrogens with one attached hydrogen (secondary N) is 1. The van der Waals surface area contributed by atoms with Crippen molar-refractivity contribution in [1.82, 2.24) is 19.7 Å². The lowest BCUT2D eigenvalue weighted by molar-refractivity contribution is -0.133. The third kappa shape index (κ3) is 4.37. The van der Waals surface area contributed by atoms with Crippen molar-refractivity contribution < 1.29 is 19.1 Å². The molecule has 1 aromatic carbocycles. The Morgan fingerprint density at radius 1 is 1.18 bits per heavy atom. The Bertz CT molecular complexity index is 1150. The van der Waals surface area contributed by atoms with E-state index >= 15 is 0 Å². The van der Waals surface area contributed by atoms with Crippen LogP contribution >= 0.6 is 12.2 Å². The molecule has 0 saturated carbocycles. The molecule has 34 heavy (non-hydrogen) atoms. The SMILES string of the molecule is CCN1C(=O)C(=Cc2c(C)n(CC(=O)NC[C@@H]3CCCO3)c3ccccc23)C(=O)N(CC)C1=S. The molecule has 8 nitrogen and oxygen atoms in total. The van der Waals surface area contributed by atoms with Crippen molar-refractivity contribution in [3.8, 4) is 0 Å². The Kier molecular flexibility index (Phi) is 7.13. The second kappa shape index (κ2) is 10.1. The highest BCUT2D eigenvalue weighted by atomic mass is 32.1. The Balaban J connectivity index is 1.69. The highest BCUT2D eigenvalue weighted by Crippen LogP contribution is 2.30. The number of thiocarbonyl (C=S) groups is 1. The molecule has 2 aliphatic heterocycles. The Morgan fingerprint density at radius 3 is 2.47 bits per heavy atom. The third-order valence-electron chi connectivity index (χ3n) is 6.47. The number of hydrogen-bond acceptors (Lipinski definition) is 5. The molecule has 0 aliphatic carbocycles. The molecular weight excluding hydrogens is 452 g/mol. The van der Waals surface area contributed by atoms with Crippen LogP contribution in [0.1, 0.15) is 37.9 Å².